The van der Waals surface area contributed by atoms with Gasteiger partial charge in [-0.2, -0.15) is 0 Å². The number of anilines is 3. The first-order valence-electron chi connectivity index (χ1n) is 48.1. The van der Waals surface area contributed by atoms with Crippen molar-refractivity contribution in [1.82, 2.24) is 9.13 Å². The highest BCUT2D eigenvalue weighted by molar-refractivity contribution is 9.10. The quantitative estimate of drug-likeness (QED) is 0.155. The molecule has 2 aromatic heterocycles. The van der Waals surface area contributed by atoms with Crippen molar-refractivity contribution in [1.29, 1.82) is 0 Å². The lowest BCUT2D eigenvalue weighted by Crippen LogP contribution is -2.33. The summed E-state index contributed by atoms with van der Waals surface area (Å²) < 4.78 is 6.20. The third-order valence-electron chi connectivity index (χ3n) is 31.7. The van der Waals surface area contributed by atoms with Gasteiger partial charge in [-0.1, -0.05) is 451 Å². The minimum absolute atomic E-state index is 0. The molecule has 3 nitrogen and oxygen atoms in total. The van der Waals surface area contributed by atoms with Crippen LogP contribution in [0.2, 0.25) is 0 Å². The monoisotopic (exact) mass is 1820 g/mol. The number of aromatic nitrogens is 2. The number of benzene rings is 22. The molecule has 0 fully saturated rings. The maximum Gasteiger partial charge on any atom is 0.0755 e. The Hall–Kier alpha value is -16.2. The molecule has 2 spiro atoms. The molecular formula is C134H94BrN3. The Morgan fingerprint density at radius 1 is 0.232 bits per heavy atom. The van der Waals surface area contributed by atoms with Crippen LogP contribution in [0.3, 0.4) is 0 Å². The number of hydrogen-bond acceptors (Lipinski definition) is 1. The second kappa shape index (κ2) is 30.6. The van der Waals surface area contributed by atoms with Crippen molar-refractivity contribution in [3.8, 4) is 78.1 Å². The van der Waals surface area contributed by atoms with Crippen molar-refractivity contribution in [3.05, 3.63) is 543 Å². The molecule has 0 N–H and O–H groups in total. The molecule has 0 saturated carbocycles. The van der Waals surface area contributed by atoms with Crippen molar-refractivity contribution in [2.45, 2.75) is 63.2 Å². The Morgan fingerprint density at radius 3 is 1.12 bits per heavy atom. The topological polar surface area (TPSA) is 13.1 Å². The third-order valence-corrected chi connectivity index (χ3v) is 32.4. The number of para-hydroxylation sites is 6. The van der Waals surface area contributed by atoms with E-state index in [1.807, 2.05) is 0 Å². The Morgan fingerprint density at radius 2 is 0.594 bits per heavy atom. The van der Waals surface area contributed by atoms with Crippen LogP contribution in [0.5, 0.6) is 0 Å². The van der Waals surface area contributed by atoms with E-state index in [1.54, 1.807) is 0 Å². The molecule has 0 radical (unpaired) electrons. The first-order chi connectivity index (χ1) is 67.4. The van der Waals surface area contributed by atoms with Crippen molar-refractivity contribution >= 4 is 120 Å². The van der Waals surface area contributed by atoms with Gasteiger partial charge in [0.15, 0.2) is 0 Å². The second-order valence-corrected chi connectivity index (χ2v) is 40.0. The van der Waals surface area contributed by atoms with Crippen molar-refractivity contribution in [2.75, 3.05) is 4.90 Å². The summed E-state index contributed by atoms with van der Waals surface area (Å²) in [7, 11) is 0. The molecule has 652 valence electrons. The van der Waals surface area contributed by atoms with Gasteiger partial charge in [-0.15, -0.1) is 0 Å². The maximum absolute atomic E-state index is 4.03. The zero-order valence-corrected chi connectivity index (χ0v) is 77.9. The van der Waals surface area contributed by atoms with E-state index in [2.05, 4.69) is 519 Å². The highest BCUT2D eigenvalue weighted by atomic mass is 79.9. The van der Waals surface area contributed by atoms with Crippen LogP contribution in [0, 0.1) is 0 Å². The second-order valence-electron chi connectivity index (χ2n) is 39.2. The summed E-state index contributed by atoms with van der Waals surface area (Å²) in [5.41, 5.74) is 44.5. The zero-order valence-electron chi connectivity index (χ0n) is 76.3. The van der Waals surface area contributed by atoms with E-state index in [0.29, 0.717) is 0 Å². The van der Waals surface area contributed by atoms with Gasteiger partial charge in [0.05, 0.1) is 50.0 Å². The predicted molar refractivity (Wildman–Crippen MR) is 584 cm³/mol. The number of fused-ring (bicyclic) bond motifs is 38. The summed E-state index contributed by atoms with van der Waals surface area (Å²) in [6.07, 6.45) is 0.967. The summed E-state index contributed by atoms with van der Waals surface area (Å²) in [6, 6.07) is 172. The summed E-state index contributed by atoms with van der Waals surface area (Å²) in [5.74, 6) is 0. The average molecular weight is 1830 g/mol. The molecule has 4 heteroatoms. The number of rotatable bonds is 7. The molecule has 4 heterocycles. The SMILES string of the molecule is Brc1cc2c(c3ccccc13)-c1c(ccc3ccccc13)C21c2ccccc2-n2c3ccccc3c3cccc1c32.C.CC1(C)c2ccccc2-c2ccc(Cc3ccc(-c4ccccc4)cc3)cc21.CC1(C)c2ccccc2-c2ccc(N(c3ccc(-c4ccccc4)cc3)c3cc4c(c5ccccc35)-c3c(ccc5ccccc35)C43c4ccccc4-n4c5ccccc5c5cccc3c54)cc21. The van der Waals surface area contributed by atoms with Crippen LogP contribution in [0.15, 0.2) is 466 Å². The van der Waals surface area contributed by atoms with Crippen LogP contribution >= 0.6 is 15.9 Å². The van der Waals surface area contributed by atoms with E-state index in [9.17, 15) is 0 Å². The van der Waals surface area contributed by atoms with Gasteiger partial charge in [0, 0.05) is 53.6 Å². The lowest BCUT2D eigenvalue weighted by molar-refractivity contribution is 0.659. The molecule has 24 aromatic rings. The maximum atomic E-state index is 4.03. The van der Waals surface area contributed by atoms with Crippen LogP contribution in [0.1, 0.15) is 113 Å². The molecule has 4 aliphatic carbocycles. The molecule has 0 saturated heterocycles. The summed E-state index contributed by atoms with van der Waals surface area (Å²) in [4.78, 5) is 2.55. The van der Waals surface area contributed by atoms with Crippen LogP contribution in [-0.4, -0.2) is 9.13 Å². The van der Waals surface area contributed by atoms with Crippen LogP contribution in [0.25, 0.3) is 165 Å². The molecule has 2 unspecified atom stereocenters. The molecule has 30 rings (SSSR count). The number of nitrogens with zero attached hydrogens (tertiary/aromatic N) is 3. The Balaban J connectivity index is 0.000000116. The standard InChI is InChI=1S/C66H44N2.C39H22BrN.C28H24.CH4/c1-65(2)53-26-12-10-21-47(53)48-37-36-45(39-57(48)65)67(44-34-31-42(32-35-44)41-17-4-3-5-18-41)61-40-58-63(51-24-9-8-22-49(51)61)62-46-20-7-6-19-43(46)33-38-55(62)66(58)54-27-13-15-30-60(54)68-59-29-14-11-23-50(59)52-25-16-28-56(66)64(52)68;40-33-22-32-37(27-14-4-3-12-25(27)33)36-24-11-2-1-10-23(24)20-21-30(36)39(32)29-16-6-8-19-35(29)41-34-18-7-5-13-26(34)28-15-9-17-31(39)38(28)41;1-28(2)26-11-7-6-10-24(26)25-17-14-21(19-27(25)28)18-20-12-15-23(16-13-20)22-8-4-3-5-9-22;/h3-40H,1-2H3;1-22H;3-17,19H,18H2,1-2H3;1H4. The molecular weight excluding hydrogens is 1730 g/mol. The minimum atomic E-state index is -0.641. The Bertz CT molecular complexity index is 9270. The Kier molecular flexibility index (Phi) is 18.1. The normalized spacial score (nSPS) is 15.4. The summed E-state index contributed by atoms with van der Waals surface area (Å²) in [5, 5.41) is 15.3. The van der Waals surface area contributed by atoms with Gasteiger partial charge in [-0.05, 0) is 249 Å². The lowest BCUT2D eigenvalue weighted by Gasteiger charge is -2.40. The van der Waals surface area contributed by atoms with Gasteiger partial charge in [-0.25, -0.2) is 0 Å². The molecule has 0 bridgehead atoms. The molecule has 138 heavy (non-hydrogen) atoms. The van der Waals surface area contributed by atoms with Crippen molar-refractivity contribution < 1.29 is 0 Å². The van der Waals surface area contributed by atoms with Gasteiger partial charge in [-0.3, -0.25) is 0 Å². The lowest BCUT2D eigenvalue weighted by atomic mass is 9.65. The van der Waals surface area contributed by atoms with Gasteiger partial charge in [0.2, 0.25) is 0 Å². The predicted octanol–water partition coefficient (Wildman–Crippen LogP) is 35.6. The summed E-state index contributed by atoms with van der Waals surface area (Å²) >= 11 is 4.03. The van der Waals surface area contributed by atoms with Crippen molar-refractivity contribution in [3.63, 3.8) is 0 Å². The fraction of sp³-hybridized carbons (Fsp3) is 0.0746. The largest absolute Gasteiger partial charge is 0.310 e. The van der Waals surface area contributed by atoms with Crippen LogP contribution < -0.4 is 4.90 Å². The molecule has 2 atom stereocenters. The van der Waals surface area contributed by atoms with E-state index in [1.165, 1.54) is 243 Å². The van der Waals surface area contributed by atoms with Crippen LogP contribution in [-0.2, 0) is 28.1 Å². The van der Waals surface area contributed by atoms with E-state index in [4.69, 9.17) is 0 Å². The first-order valence-corrected chi connectivity index (χ1v) is 48.9. The minimum Gasteiger partial charge on any atom is -0.310 e. The molecule has 22 aromatic carbocycles. The molecule has 0 amide bonds. The summed E-state index contributed by atoms with van der Waals surface area (Å²) in [6.45, 7) is 9.46. The first kappa shape index (κ1) is 81.3. The van der Waals surface area contributed by atoms with Gasteiger partial charge in [0.25, 0.3) is 0 Å². The molecule has 6 aliphatic rings. The van der Waals surface area contributed by atoms with Crippen LogP contribution in [0.4, 0.5) is 17.1 Å². The van der Waals surface area contributed by atoms with Crippen molar-refractivity contribution in [2.24, 2.45) is 0 Å². The van der Waals surface area contributed by atoms with Gasteiger partial charge in [0.1, 0.15) is 0 Å². The third kappa shape index (κ3) is 11.4. The highest BCUT2D eigenvalue weighted by Crippen LogP contribution is 2.68. The number of hydrogen-bond donors (Lipinski definition) is 0. The fourth-order valence-electron chi connectivity index (χ4n) is 25.8. The smallest absolute Gasteiger partial charge is 0.0755 e. The van der Waals surface area contributed by atoms with Gasteiger partial charge < -0.3 is 14.0 Å². The van der Waals surface area contributed by atoms with E-state index < -0.39 is 10.8 Å². The van der Waals surface area contributed by atoms with Gasteiger partial charge >= 0.3 is 0 Å². The number of halogens is 1. The zero-order chi connectivity index (χ0) is 90.9. The van der Waals surface area contributed by atoms with E-state index in [-0.39, 0.29) is 18.3 Å². The van der Waals surface area contributed by atoms with E-state index >= 15 is 0 Å². The average Bonchev–Trinajstić information content (AvgIpc) is 1.49. The Labute approximate surface area is 812 Å². The van der Waals surface area contributed by atoms with E-state index in [0.717, 1.165) is 28.0 Å². The molecule has 2 aliphatic heterocycles. The highest BCUT2D eigenvalue weighted by Gasteiger charge is 2.55. The fourth-order valence-corrected chi connectivity index (χ4v) is 26.4.